The molecule has 118 valence electrons. The minimum atomic E-state index is -0.919. The van der Waals surface area contributed by atoms with Crippen molar-refractivity contribution in [2.45, 2.75) is 45.6 Å². The lowest BCUT2D eigenvalue weighted by Gasteiger charge is -2.24. The van der Waals surface area contributed by atoms with Crippen LogP contribution in [0.15, 0.2) is 17.5 Å². The molecule has 0 bridgehead atoms. The van der Waals surface area contributed by atoms with E-state index in [0.717, 1.165) is 17.7 Å². The van der Waals surface area contributed by atoms with Gasteiger partial charge in [-0.1, -0.05) is 19.9 Å². The summed E-state index contributed by atoms with van der Waals surface area (Å²) in [6.45, 7) is 4.77. The van der Waals surface area contributed by atoms with Crippen LogP contribution in [-0.4, -0.2) is 23.5 Å². The first-order valence-corrected chi connectivity index (χ1v) is 7.96. The van der Waals surface area contributed by atoms with Crippen LogP contribution < -0.4 is 11.1 Å². The van der Waals surface area contributed by atoms with E-state index in [0.29, 0.717) is 13.0 Å². The number of hydrogen-bond acceptors (Lipinski definition) is 4. The smallest absolute Gasteiger partial charge is 0.305 e. The molecule has 21 heavy (non-hydrogen) atoms. The van der Waals surface area contributed by atoms with Gasteiger partial charge in [-0.2, -0.15) is 0 Å². The standard InChI is InChI=1S/C15H24N2O3S/c1-15(2,7-8-16)6-5-13(18)17-11(10-14(19)20)12-4-3-9-21-12/h3-4,9,11H,5-8,10,16H2,1-2H3,(H,17,18)(H,19,20). The van der Waals surface area contributed by atoms with Crippen LogP contribution in [0.4, 0.5) is 0 Å². The quantitative estimate of drug-likeness (QED) is 0.653. The average Bonchev–Trinajstić information content (AvgIpc) is 2.89. The van der Waals surface area contributed by atoms with E-state index in [2.05, 4.69) is 19.2 Å². The zero-order valence-electron chi connectivity index (χ0n) is 12.6. The van der Waals surface area contributed by atoms with Gasteiger partial charge in [-0.3, -0.25) is 9.59 Å². The Bertz CT molecular complexity index is 457. The normalized spacial score (nSPS) is 12.9. The van der Waals surface area contributed by atoms with E-state index < -0.39 is 12.0 Å². The van der Waals surface area contributed by atoms with Gasteiger partial charge in [0.1, 0.15) is 0 Å². The van der Waals surface area contributed by atoms with Gasteiger partial charge in [0.05, 0.1) is 12.5 Å². The lowest BCUT2D eigenvalue weighted by atomic mass is 9.84. The summed E-state index contributed by atoms with van der Waals surface area (Å²) in [5, 5.41) is 13.7. The highest BCUT2D eigenvalue weighted by atomic mass is 32.1. The van der Waals surface area contributed by atoms with Gasteiger partial charge in [0.2, 0.25) is 5.91 Å². The number of nitrogens with two attached hydrogens (primary N) is 1. The summed E-state index contributed by atoms with van der Waals surface area (Å²) in [7, 11) is 0. The van der Waals surface area contributed by atoms with Gasteiger partial charge in [0.15, 0.2) is 0 Å². The summed E-state index contributed by atoms with van der Waals surface area (Å²) in [6.07, 6.45) is 1.89. The Hall–Kier alpha value is -1.40. The fourth-order valence-corrected chi connectivity index (χ4v) is 2.90. The molecule has 0 aliphatic rings. The number of nitrogens with one attached hydrogen (secondary N) is 1. The lowest BCUT2D eigenvalue weighted by molar-refractivity contribution is -0.137. The predicted octanol–water partition coefficient (Wildman–Crippen LogP) is 2.54. The fraction of sp³-hybridized carbons (Fsp3) is 0.600. The van der Waals surface area contributed by atoms with E-state index >= 15 is 0 Å². The number of amides is 1. The van der Waals surface area contributed by atoms with Crippen molar-refractivity contribution in [3.05, 3.63) is 22.4 Å². The molecular formula is C15H24N2O3S. The molecule has 1 heterocycles. The molecule has 0 saturated heterocycles. The molecule has 0 saturated carbocycles. The highest BCUT2D eigenvalue weighted by Gasteiger charge is 2.22. The maximum Gasteiger partial charge on any atom is 0.305 e. The van der Waals surface area contributed by atoms with Crippen molar-refractivity contribution in [1.29, 1.82) is 0 Å². The van der Waals surface area contributed by atoms with Crippen molar-refractivity contribution in [3.63, 3.8) is 0 Å². The van der Waals surface area contributed by atoms with Crippen LogP contribution in [0.5, 0.6) is 0 Å². The SMILES string of the molecule is CC(C)(CCN)CCC(=O)NC(CC(=O)O)c1cccs1. The number of hydrogen-bond donors (Lipinski definition) is 3. The van der Waals surface area contributed by atoms with Crippen LogP contribution in [0.2, 0.25) is 0 Å². The maximum atomic E-state index is 12.1. The molecule has 4 N–H and O–H groups in total. The molecule has 1 unspecified atom stereocenters. The topological polar surface area (TPSA) is 92.4 Å². The second kappa shape index (κ2) is 8.14. The van der Waals surface area contributed by atoms with Crippen LogP contribution in [-0.2, 0) is 9.59 Å². The summed E-state index contributed by atoms with van der Waals surface area (Å²) < 4.78 is 0. The molecule has 1 rings (SSSR count). The first-order valence-electron chi connectivity index (χ1n) is 7.09. The van der Waals surface area contributed by atoms with Crippen molar-refractivity contribution in [2.24, 2.45) is 11.1 Å². The highest BCUT2D eigenvalue weighted by Crippen LogP contribution is 2.27. The Kier molecular flexibility index (Phi) is 6.84. The molecular weight excluding hydrogens is 288 g/mol. The highest BCUT2D eigenvalue weighted by molar-refractivity contribution is 7.10. The number of carboxylic acids is 1. The average molecular weight is 312 g/mol. The van der Waals surface area contributed by atoms with Crippen LogP contribution >= 0.6 is 11.3 Å². The largest absolute Gasteiger partial charge is 0.481 e. The number of aliphatic carboxylic acids is 1. The molecule has 1 amide bonds. The van der Waals surface area contributed by atoms with Crippen molar-refractivity contribution in [2.75, 3.05) is 6.54 Å². The van der Waals surface area contributed by atoms with Gasteiger partial charge in [0.25, 0.3) is 0 Å². The van der Waals surface area contributed by atoms with Gasteiger partial charge in [-0.05, 0) is 36.2 Å². The van der Waals surface area contributed by atoms with Crippen LogP contribution in [0.1, 0.15) is 50.4 Å². The summed E-state index contributed by atoms with van der Waals surface area (Å²) in [6, 6.07) is 3.25. The van der Waals surface area contributed by atoms with E-state index in [1.54, 1.807) is 0 Å². The van der Waals surface area contributed by atoms with Gasteiger partial charge >= 0.3 is 5.97 Å². The third-order valence-corrected chi connectivity index (χ3v) is 4.44. The van der Waals surface area contributed by atoms with Gasteiger partial charge in [-0.15, -0.1) is 11.3 Å². The van der Waals surface area contributed by atoms with Crippen LogP contribution in [0.25, 0.3) is 0 Å². The Balaban J connectivity index is 2.55. The maximum absolute atomic E-state index is 12.1. The molecule has 1 atom stereocenters. The van der Waals surface area contributed by atoms with E-state index in [4.69, 9.17) is 10.8 Å². The van der Waals surface area contributed by atoms with Gasteiger partial charge < -0.3 is 16.2 Å². The molecule has 1 aromatic heterocycles. The van der Waals surface area contributed by atoms with Crippen molar-refractivity contribution < 1.29 is 14.7 Å². The van der Waals surface area contributed by atoms with Crippen LogP contribution in [0, 0.1) is 5.41 Å². The minimum Gasteiger partial charge on any atom is -0.481 e. The molecule has 0 fully saturated rings. The molecule has 0 aliphatic carbocycles. The summed E-state index contributed by atoms with van der Waals surface area (Å²) in [5.41, 5.74) is 5.58. The molecule has 0 spiro atoms. The van der Waals surface area contributed by atoms with Crippen molar-refractivity contribution in [3.8, 4) is 0 Å². The Morgan fingerprint density at radius 1 is 1.43 bits per heavy atom. The molecule has 5 nitrogen and oxygen atoms in total. The zero-order chi connectivity index (χ0) is 15.9. The first-order chi connectivity index (χ1) is 9.84. The van der Waals surface area contributed by atoms with E-state index in [-0.39, 0.29) is 17.7 Å². The van der Waals surface area contributed by atoms with E-state index in [9.17, 15) is 9.59 Å². The van der Waals surface area contributed by atoms with Crippen LogP contribution in [0.3, 0.4) is 0 Å². The number of carboxylic acid groups (broad SMARTS) is 1. The number of carbonyl (C=O) groups is 2. The second-order valence-electron chi connectivity index (χ2n) is 5.94. The summed E-state index contributed by atoms with van der Waals surface area (Å²) >= 11 is 1.45. The second-order valence-corrected chi connectivity index (χ2v) is 6.92. The third kappa shape index (κ3) is 6.73. The number of thiophene rings is 1. The number of rotatable bonds is 9. The molecule has 1 aromatic rings. The Morgan fingerprint density at radius 2 is 2.14 bits per heavy atom. The van der Waals surface area contributed by atoms with Gasteiger partial charge in [-0.25, -0.2) is 0 Å². The van der Waals surface area contributed by atoms with E-state index in [1.165, 1.54) is 11.3 Å². The molecule has 0 aliphatic heterocycles. The number of carbonyl (C=O) groups excluding carboxylic acids is 1. The first kappa shape index (κ1) is 17.7. The Morgan fingerprint density at radius 3 is 2.67 bits per heavy atom. The minimum absolute atomic E-state index is 0.0251. The fourth-order valence-electron chi connectivity index (χ4n) is 2.12. The van der Waals surface area contributed by atoms with Crippen molar-refractivity contribution in [1.82, 2.24) is 5.32 Å². The lowest BCUT2D eigenvalue weighted by Crippen LogP contribution is -2.30. The summed E-state index contributed by atoms with van der Waals surface area (Å²) in [5.74, 6) is -1.03. The third-order valence-electron chi connectivity index (χ3n) is 3.45. The monoisotopic (exact) mass is 312 g/mol. The molecule has 0 aromatic carbocycles. The zero-order valence-corrected chi connectivity index (χ0v) is 13.4. The molecule has 6 heteroatoms. The van der Waals surface area contributed by atoms with Gasteiger partial charge in [0, 0.05) is 11.3 Å². The van der Waals surface area contributed by atoms with Crippen molar-refractivity contribution >= 4 is 23.2 Å². The summed E-state index contributed by atoms with van der Waals surface area (Å²) in [4.78, 5) is 23.8. The predicted molar refractivity (Wildman–Crippen MR) is 84.1 cm³/mol. The van der Waals surface area contributed by atoms with E-state index in [1.807, 2.05) is 17.5 Å². The molecule has 0 radical (unpaired) electrons. The Labute approximate surface area is 129 Å².